The molecule has 5 heteroatoms. The minimum absolute atomic E-state index is 0.433. The first-order valence-corrected chi connectivity index (χ1v) is 7.02. The van der Waals surface area contributed by atoms with Crippen LogP contribution >= 0.6 is 11.3 Å². The molecule has 0 saturated heterocycles. The molecule has 3 rings (SSSR count). The first kappa shape index (κ1) is 12.3. The highest BCUT2D eigenvalue weighted by Gasteiger charge is 2.30. The van der Waals surface area contributed by atoms with Crippen molar-refractivity contribution in [1.82, 2.24) is 9.88 Å². The molecule has 1 aromatic carbocycles. The van der Waals surface area contributed by atoms with Gasteiger partial charge < -0.3 is 5.11 Å². The van der Waals surface area contributed by atoms with Crippen molar-refractivity contribution in [2.24, 2.45) is 0 Å². The van der Waals surface area contributed by atoms with Gasteiger partial charge in [0.15, 0.2) is 0 Å². The monoisotopic (exact) mass is 274 g/mol. The van der Waals surface area contributed by atoms with Crippen molar-refractivity contribution in [2.75, 3.05) is 6.54 Å². The summed E-state index contributed by atoms with van der Waals surface area (Å²) in [5.41, 5.74) is 3.88. The normalized spacial score (nSPS) is 19.1. The number of aromatic nitrogens is 1. The van der Waals surface area contributed by atoms with Crippen LogP contribution in [0.1, 0.15) is 21.9 Å². The number of nitrogens with zero attached hydrogens (tertiary/aromatic N) is 2. The van der Waals surface area contributed by atoms with Crippen LogP contribution in [0.2, 0.25) is 0 Å². The Morgan fingerprint density at radius 3 is 3.05 bits per heavy atom. The van der Waals surface area contributed by atoms with E-state index in [1.54, 1.807) is 11.3 Å². The number of rotatable bonds is 3. The Labute approximate surface area is 115 Å². The molecular formula is C14H14N2O2S. The van der Waals surface area contributed by atoms with Crippen LogP contribution in [0.25, 0.3) is 0 Å². The average molecular weight is 274 g/mol. The highest BCUT2D eigenvalue weighted by atomic mass is 32.1. The molecule has 0 radical (unpaired) electrons. The molecule has 2 aromatic rings. The van der Waals surface area contributed by atoms with Gasteiger partial charge in [-0.3, -0.25) is 14.7 Å². The molecule has 1 atom stereocenters. The number of benzene rings is 1. The van der Waals surface area contributed by atoms with Crippen LogP contribution in [0.5, 0.6) is 0 Å². The highest BCUT2D eigenvalue weighted by molar-refractivity contribution is 7.09. The number of hydrogen-bond acceptors (Lipinski definition) is 4. The van der Waals surface area contributed by atoms with Crippen molar-refractivity contribution < 1.29 is 9.90 Å². The average Bonchev–Trinajstić information content (AvgIpc) is 2.90. The molecule has 0 saturated carbocycles. The zero-order valence-corrected chi connectivity index (χ0v) is 11.1. The lowest BCUT2D eigenvalue weighted by atomic mass is 9.90. The Morgan fingerprint density at radius 2 is 2.32 bits per heavy atom. The summed E-state index contributed by atoms with van der Waals surface area (Å²) in [5.74, 6) is -1.18. The fraction of sp³-hybridized carbons (Fsp3) is 0.286. The maximum atomic E-state index is 11.4. The van der Waals surface area contributed by atoms with E-state index in [1.807, 2.05) is 36.0 Å². The van der Waals surface area contributed by atoms with Crippen molar-refractivity contribution >= 4 is 17.3 Å². The molecule has 1 aromatic heterocycles. The predicted molar refractivity (Wildman–Crippen MR) is 73.0 cm³/mol. The lowest BCUT2D eigenvalue weighted by Gasteiger charge is -2.32. The van der Waals surface area contributed by atoms with Gasteiger partial charge in [-0.2, -0.15) is 0 Å². The number of thiazole rings is 1. The van der Waals surface area contributed by atoms with Gasteiger partial charge >= 0.3 is 5.97 Å². The second kappa shape index (κ2) is 5.11. The van der Waals surface area contributed by atoms with E-state index in [1.165, 1.54) is 4.88 Å². The van der Waals surface area contributed by atoms with Gasteiger partial charge in [0.1, 0.15) is 0 Å². The first-order chi connectivity index (χ1) is 9.24. The second-order valence-corrected chi connectivity index (χ2v) is 5.70. The number of carboxylic acid groups (broad SMARTS) is 1. The third-order valence-corrected chi connectivity index (χ3v) is 4.19. The molecule has 2 heterocycles. The van der Waals surface area contributed by atoms with Crippen molar-refractivity contribution in [2.45, 2.75) is 19.0 Å². The van der Waals surface area contributed by atoms with Gasteiger partial charge in [0.25, 0.3) is 0 Å². The van der Waals surface area contributed by atoms with Crippen LogP contribution in [0, 0.1) is 0 Å². The molecule has 0 amide bonds. The minimum atomic E-state index is -0.749. The quantitative estimate of drug-likeness (QED) is 0.933. The van der Waals surface area contributed by atoms with Crippen LogP contribution < -0.4 is 0 Å². The van der Waals surface area contributed by atoms with Crippen LogP contribution in [0.4, 0.5) is 0 Å². The number of carbonyl (C=O) groups is 1. The molecule has 19 heavy (non-hydrogen) atoms. The molecule has 0 spiro atoms. The van der Waals surface area contributed by atoms with E-state index in [0.717, 1.165) is 24.2 Å². The molecule has 0 fully saturated rings. The molecule has 98 valence electrons. The third kappa shape index (κ3) is 2.52. The lowest BCUT2D eigenvalue weighted by Crippen LogP contribution is -2.36. The molecule has 1 aliphatic rings. The summed E-state index contributed by atoms with van der Waals surface area (Å²) >= 11 is 1.61. The summed E-state index contributed by atoms with van der Waals surface area (Å²) in [6.07, 6.45) is 1.85. The Kier molecular flexibility index (Phi) is 3.31. The van der Waals surface area contributed by atoms with Crippen molar-refractivity contribution in [1.29, 1.82) is 0 Å². The van der Waals surface area contributed by atoms with Crippen molar-refractivity contribution in [3.8, 4) is 0 Å². The number of carboxylic acids is 1. The lowest BCUT2D eigenvalue weighted by molar-refractivity contribution is -0.139. The van der Waals surface area contributed by atoms with Crippen LogP contribution in [0.3, 0.4) is 0 Å². The summed E-state index contributed by atoms with van der Waals surface area (Å²) in [5, 5.41) is 9.39. The summed E-state index contributed by atoms with van der Waals surface area (Å²) in [7, 11) is 0. The third-order valence-electron chi connectivity index (χ3n) is 3.43. The summed E-state index contributed by atoms with van der Waals surface area (Å²) in [6.45, 7) is 2.13. The van der Waals surface area contributed by atoms with E-state index in [4.69, 9.17) is 0 Å². The Bertz CT molecular complexity index is 583. The number of aliphatic carboxylic acids is 1. The topological polar surface area (TPSA) is 53.4 Å². The molecule has 1 N–H and O–H groups in total. The van der Waals surface area contributed by atoms with Gasteiger partial charge in [0, 0.05) is 30.7 Å². The Morgan fingerprint density at radius 1 is 1.47 bits per heavy atom. The van der Waals surface area contributed by atoms with E-state index < -0.39 is 11.9 Å². The fourth-order valence-electron chi connectivity index (χ4n) is 2.55. The highest BCUT2D eigenvalue weighted by Crippen LogP contribution is 2.29. The SMILES string of the molecule is O=C(O)C1CN(Cc2cncs2)Cc2ccccc21. The number of hydrogen-bond donors (Lipinski definition) is 1. The van der Waals surface area contributed by atoms with E-state index in [0.29, 0.717) is 6.54 Å². The maximum absolute atomic E-state index is 11.4. The number of fused-ring (bicyclic) bond motifs is 1. The first-order valence-electron chi connectivity index (χ1n) is 6.14. The van der Waals surface area contributed by atoms with Gasteiger partial charge in [0.2, 0.25) is 0 Å². The maximum Gasteiger partial charge on any atom is 0.312 e. The fourth-order valence-corrected chi connectivity index (χ4v) is 3.19. The minimum Gasteiger partial charge on any atom is -0.481 e. The molecular weight excluding hydrogens is 260 g/mol. The van der Waals surface area contributed by atoms with Gasteiger partial charge in [-0.05, 0) is 11.1 Å². The molecule has 0 bridgehead atoms. The Balaban J connectivity index is 1.86. The predicted octanol–water partition coefficient (Wildman–Crippen LogP) is 2.33. The smallest absolute Gasteiger partial charge is 0.312 e. The molecule has 0 aliphatic carbocycles. The Hall–Kier alpha value is -1.72. The molecule has 1 aliphatic heterocycles. The van der Waals surface area contributed by atoms with Crippen LogP contribution in [-0.2, 0) is 17.9 Å². The van der Waals surface area contributed by atoms with Gasteiger partial charge in [-0.25, -0.2) is 0 Å². The van der Waals surface area contributed by atoms with Crippen LogP contribution in [-0.4, -0.2) is 27.5 Å². The van der Waals surface area contributed by atoms with Crippen LogP contribution in [0.15, 0.2) is 36.0 Å². The van der Waals surface area contributed by atoms with E-state index in [9.17, 15) is 9.90 Å². The molecule has 1 unspecified atom stereocenters. The summed E-state index contributed by atoms with van der Waals surface area (Å²) in [4.78, 5) is 18.8. The van der Waals surface area contributed by atoms with Crippen molar-refractivity contribution in [3.63, 3.8) is 0 Å². The van der Waals surface area contributed by atoms with Gasteiger partial charge in [-0.1, -0.05) is 24.3 Å². The zero-order valence-electron chi connectivity index (χ0n) is 10.3. The van der Waals surface area contributed by atoms with Gasteiger partial charge in [0.05, 0.1) is 11.4 Å². The van der Waals surface area contributed by atoms with E-state index in [-0.39, 0.29) is 0 Å². The summed E-state index contributed by atoms with van der Waals surface area (Å²) < 4.78 is 0. The molecule has 4 nitrogen and oxygen atoms in total. The summed E-state index contributed by atoms with van der Waals surface area (Å²) in [6, 6.07) is 7.82. The van der Waals surface area contributed by atoms with E-state index in [2.05, 4.69) is 9.88 Å². The zero-order chi connectivity index (χ0) is 13.2. The van der Waals surface area contributed by atoms with Gasteiger partial charge in [-0.15, -0.1) is 11.3 Å². The van der Waals surface area contributed by atoms with E-state index >= 15 is 0 Å². The standard InChI is InChI=1S/C14H14N2O2S/c17-14(18)13-8-16(7-11-5-15-9-19-11)6-10-3-1-2-4-12(10)13/h1-5,9,13H,6-8H2,(H,17,18). The second-order valence-electron chi connectivity index (χ2n) is 4.73. The van der Waals surface area contributed by atoms with Crippen molar-refractivity contribution in [3.05, 3.63) is 52.0 Å². The largest absolute Gasteiger partial charge is 0.481 e.